The van der Waals surface area contributed by atoms with Gasteiger partial charge in [-0.3, -0.25) is 14.7 Å². The molecular weight excluding hydrogens is 360 g/mol. The van der Waals surface area contributed by atoms with Crippen molar-refractivity contribution >= 4 is 23.7 Å². The van der Waals surface area contributed by atoms with E-state index in [9.17, 15) is 4.79 Å². The van der Waals surface area contributed by atoms with E-state index in [1.54, 1.807) is 22.4 Å². The predicted octanol–water partition coefficient (Wildman–Crippen LogP) is 1.85. The van der Waals surface area contributed by atoms with Crippen LogP contribution in [0.4, 0.5) is 5.95 Å². The number of anilines is 1. The molecule has 1 saturated heterocycles. The maximum Gasteiger partial charge on any atom is 0.257 e. The molecule has 2 aliphatic heterocycles. The summed E-state index contributed by atoms with van der Waals surface area (Å²) in [5.41, 5.74) is 1.59. The van der Waals surface area contributed by atoms with Crippen molar-refractivity contribution < 1.29 is 0 Å². The van der Waals surface area contributed by atoms with Crippen molar-refractivity contribution in [1.29, 1.82) is 0 Å². The monoisotopic (exact) mass is 384 g/mol. The summed E-state index contributed by atoms with van der Waals surface area (Å²) in [6.45, 7) is 5.62. The highest BCUT2D eigenvalue weighted by molar-refractivity contribution is 7.98. The highest BCUT2D eigenvalue weighted by atomic mass is 32.2. The molecule has 4 rings (SSSR count). The number of guanidine groups is 1. The van der Waals surface area contributed by atoms with Crippen LogP contribution < -0.4 is 10.9 Å². The molecule has 142 valence electrons. The van der Waals surface area contributed by atoms with Crippen molar-refractivity contribution in [3.05, 3.63) is 51.9 Å². The SMILES string of the molecule is CSc1ccc([C@H]2N=C(N3CCN(C)CC3)Nc3nc(C)cc(=O)n32)cc1. The lowest BCUT2D eigenvalue weighted by atomic mass is 10.1. The van der Waals surface area contributed by atoms with E-state index in [0.29, 0.717) is 11.6 Å². The van der Waals surface area contributed by atoms with Gasteiger partial charge in [-0.15, -0.1) is 11.8 Å². The Kier molecular flexibility index (Phi) is 4.92. The van der Waals surface area contributed by atoms with Gasteiger partial charge in [0.05, 0.1) is 0 Å². The number of aromatic nitrogens is 2. The van der Waals surface area contributed by atoms with Gasteiger partial charge in [-0.2, -0.15) is 0 Å². The Morgan fingerprint density at radius 3 is 2.52 bits per heavy atom. The Hall–Kier alpha value is -2.32. The largest absolute Gasteiger partial charge is 0.340 e. The number of benzene rings is 1. The molecule has 0 unspecified atom stereocenters. The number of hydrogen-bond donors (Lipinski definition) is 1. The van der Waals surface area contributed by atoms with Crippen LogP contribution in [0.5, 0.6) is 0 Å². The minimum atomic E-state index is -0.410. The molecule has 0 spiro atoms. The number of aryl methyl sites for hydroxylation is 1. The molecule has 1 aromatic carbocycles. The van der Waals surface area contributed by atoms with Crippen LogP contribution in [0.3, 0.4) is 0 Å². The molecule has 2 aliphatic rings. The molecule has 0 amide bonds. The lowest BCUT2D eigenvalue weighted by Gasteiger charge is -2.37. The van der Waals surface area contributed by atoms with Crippen LogP contribution in [-0.2, 0) is 0 Å². The fourth-order valence-electron chi connectivity index (χ4n) is 3.41. The summed E-state index contributed by atoms with van der Waals surface area (Å²) >= 11 is 1.70. The van der Waals surface area contributed by atoms with E-state index in [4.69, 9.17) is 4.99 Å². The van der Waals surface area contributed by atoms with E-state index in [-0.39, 0.29) is 5.56 Å². The minimum Gasteiger partial charge on any atom is -0.340 e. The van der Waals surface area contributed by atoms with Crippen molar-refractivity contribution in [3.63, 3.8) is 0 Å². The van der Waals surface area contributed by atoms with Gasteiger partial charge in [0.1, 0.15) is 0 Å². The highest BCUT2D eigenvalue weighted by Gasteiger charge is 2.28. The van der Waals surface area contributed by atoms with Crippen LogP contribution in [-0.4, -0.2) is 64.8 Å². The van der Waals surface area contributed by atoms with Gasteiger partial charge in [-0.25, -0.2) is 9.98 Å². The number of likely N-dealkylation sites (N-methyl/N-ethyl adjacent to an activating group) is 1. The summed E-state index contributed by atoms with van der Waals surface area (Å²) in [6, 6.07) is 9.79. The number of nitrogens with one attached hydrogen (secondary N) is 1. The first kappa shape index (κ1) is 18.1. The second-order valence-electron chi connectivity index (χ2n) is 6.94. The summed E-state index contributed by atoms with van der Waals surface area (Å²) in [7, 11) is 2.13. The van der Waals surface area contributed by atoms with Crippen molar-refractivity contribution in [2.75, 3.05) is 44.8 Å². The summed E-state index contributed by atoms with van der Waals surface area (Å²) < 4.78 is 1.64. The van der Waals surface area contributed by atoms with E-state index in [1.807, 2.05) is 19.1 Å². The van der Waals surface area contributed by atoms with Crippen LogP contribution in [0, 0.1) is 6.92 Å². The standard InChI is InChI=1S/C19H24N6OS/c1-13-12-16(26)25-17(14-4-6-15(27-3)7-5-14)21-18(22-19(25)20-13)24-10-8-23(2)9-11-24/h4-7,12,17H,8-11H2,1-3H3,(H,20,21,22)/t17-/m0/s1. The number of nitrogens with zero attached hydrogens (tertiary/aromatic N) is 5. The van der Waals surface area contributed by atoms with Crippen LogP contribution >= 0.6 is 11.8 Å². The summed E-state index contributed by atoms with van der Waals surface area (Å²) in [5, 5.41) is 3.29. The second kappa shape index (κ2) is 7.36. The van der Waals surface area contributed by atoms with Crippen LogP contribution in [0.2, 0.25) is 0 Å². The average molecular weight is 385 g/mol. The molecule has 1 atom stereocenters. The van der Waals surface area contributed by atoms with Gasteiger partial charge in [0.15, 0.2) is 6.17 Å². The molecule has 1 fully saturated rings. The first-order chi connectivity index (χ1) is 13.0. The van der Waals surface area contributed by atoms with Gasteiger partial charge in [0.25, 0.3) is 5.56 Å². The molecule has 8 heteroatoms. The second-order valence-corrected chi connectivity index (χ2v) is 7.82. The Labute approximate surface area is 163 Å². The number of piperazine rings is 1. The number of rotatable bonds is 2. The van der Waals surface area contributed by atoms with E-state index < -0.39 is 6.17 Å². The van der Waals surface area contributed by atoms with Crippen LogP contribution in [0.15, 0.2) is 45.0 Å². The Bertz CT molecular complexity index is 915. The molecule has 0 radical (unpaired) electrons. The normalized spacial score (nSPS) is 20.0. The number of hydrogen-bond acceptors (Lipinski definition) is 7. The maximum atomic E-state index is 12.7. The first-order valence-electron chi connectivity index (χ1n) is 9.07. The van der Waals surface area contributed by atoms with Crippen molar-refractivity contribution in [2.45, 2.75) is 18.0 Å². The van der Waals surface area contributed by atoms with Gasteiger partial charge in [0, 0.05) is 42.8 Å². The molecule has 27 heavy (non-hydrogen) atoms. The summed E-state index contributed by atoms with van der Waals surface area (Å²) in [4.78, 5) is 27.9. The van der Waals surface area contributed by atoms with E-state index in [2.05, 4.69) is 45.5 Å². The van der Waals surface area contributed by atoms with E-state index in [1.165, 1.54) is 4.90 Å². The molecule has 1 aromatic heterocycles. The van der Waals surface area contributed by atoms with Gasteiger partial charge in [0.2, 0.25) is 11.9 Å². The Morgan fingerprint density at radius 2 is 1.85 bits per heavy atom. The van der Waals surface area contributed by atoms with Crippen molar-refractivity contribution in [3.8, 4) is 0 Å². The maximum absolute atomic E-state index is 12.7. The van der Waals surface area contributed by atoms with Gasteiger partial charge in [-0.05, 0) is 37.9 Å². The molecular formula is C19H24N6OS. The molecule has 3 heterocycles. The molecule has 2 aromatic rings. The number of thioether (sulfide) groups is 1. The topological polar surface area (TPSA) is 65.8 Å². The van der Waals surface area contributed by atoms with Crippen LogP contribution in [0.1, 0.15) is 17.4 Å². The zero-order valence-electron chi connectivity index (χ0n) is 15.8. The fraction of sp³-hybridized carbons (Fsp3) is 0.421. The lowest BCUT2D eigenvalue weighted by molar-refractivity contribution is 0.213. The third-order valence-corrected chi connectivity index (χ3v) is 5.75. The highest BCUT2D eigenvalue weighted by Crippen LogP contribution is 2.27. The fourth-order valence-corrected chi connectivity index (χ4v) is 3.82. The van der Waals surface area contributed by atoms with Crippen molar-refractivity contribution in [2.24, 2.45) is 4.99 Å². The third-order valence-electron chi connectivity index (χ3n) is 5.01. The molecule has 7 nitrogen and oxygen atoms in total. The van der Waals surface area contributed by atoms with E-state index >= 15 is 0 Å². The summed E-state index contributed by atoms with van der Waals surface area (Å²) in [5.74, 6) is 1.35. The number of fused-ring (bicyclic) bond motifs is 1. The first-order valence-corrected chi connectivity index (χ1v) is 10.3. The zero-order valence-corrected chi connectivity index (χ0v) is 16.7. The molecule has 0 saturated carbocycles. The average Bonchev–Trinajstić information content (AvgIpc) is 2.67. The quantitative estimate of drug-likeness (QED) is 0.797. The van der Waals surface area contributed by atoms with Gasteiger partial charge in [-0.1, -0.05) is 12.1 Å². The third kappa shape index (κ3) is 3.59. The lowest BCUT2D eigenvalue weighted by Crippen LogP contribution is -2.51. The Balaban J connectivity index is 1.77. The number of aliphatic imine (C=N–C) groups is 1. The van der Waals surface area contributed by atoms with Gasteiger partial charge < -0.3 is 9.80 Å². The molecule has 0 aliphatic carbocycles. The van der Waals surface area contributed by atoms with Gasteiger partial charge >= 0.3 is 0 Å². The summed E-state index contributed by atoms with van der Waals surface area (Å²) in [6.07, 6.45) is 1.64. The smallest absolute Gasteiger partial charge is 0.257 e. The molecule has 1 N–H and O–H groups in total. The minimum absolute atomic E-state index is 0.0925. The van der Waals surface area contributed by atoms with Crippen LogP contribution in [0.25, 0.3) is 0 Å². The molecule has 0 bridgehead atoms. The predicted molar refractivity (Wildman–Crippen MR) is 110 cm³/mol. The zero-order chi connectivity index (χ0) is 19.0. The Morgan fingerprint density at radius 1 is 1.15 bits per heavy atom. The van der Waals surface area contributed by atoms with Crippen molar-refractivity contribution in [1.82, 2.24) is 19.4 Å². The van der Waals surface area contributed by atoms with E-state index in [0.717, 1.165) is 37.7 Å².